The molecule has 118 valence electrons. The molecule has 4 rings (SSSR count). The lowest BCUT2D eigenvalue weighted by molar-refractivity contribution is 0.426. The van der Waals surface area contributed by atoms with E-state index in [1.54, 1.807) is 6.07 Å². The van der Waals surface area contributed by atoms with Gasteiger partial charge in [0.05, 0.1) is 16.7 Å². The van der Waals surface area contributed by atoms with Gasteiger partial charge in [-0.05, 0) is 29.0 Å². The Labute approximate surface area is 140 Å². The second kappa shape index (κ2) is 5.78. The maximum Gasteiger partial charge on any atom is 0.489 e. The summed E-state index contributed by atoms with van der Waals surface area (Å²) in [6.07, 6.45) is 0.813. The van der Waals surface area contributed by atoms with E-state index in [0.717, 1.165) is 39.7 Å². The van der Waals surface area contributed by atoms with Crippen molar-refractivity contribution in [1.29, 1.82) is 0 Å². The van der Waals surface area contributed by atoms with Crippen molar-refractivity contribution < 1.29 is 10.0 Å². The van der Waals surface area contributed by atoms with Gasteiger partial charge in [0.1, 0.15) is 5.82 Å². The minimum Gasteiger partial charge on any atom is -0.423 e. The van der Waals surface area contributed by atoms with Crippen LogP contribution in [0.15, 0.2) is 60.7 Å². The smallest absolute Gasteiger partial charge is 0.423 e. The normalized spacial score (nSPS) is 11.3. The summed E-state index contributed by atoms with van der Waals surface area (Å²) in [5.41, 5.74) is 3.53. The molecule has 0 fully saturated rings. The van der Waals surface area contributed by atoms with Gasteiger partial charge in [-0.2, -0.15) is 0 Å². The van der Waals surface area contributed by atoms with Gasteiger partial charge in [0.2, 0.25) is 0 Å². The minimum atomic E-state index is -1.49. The molecule has 24 heavy (non-hydrogen) atoms. The van der Waals surface area contributed by atoms with Crippen LogP contribution in [0.3, 0.4) is 0 Å². The van der Waals surface area contributed by atoms with Gasteiger partial charge in [-0.15, -0.1) is 0 Å². The molecule has 0 saturated heterocycles. The average molecular weight is 316 g/mol. The van der Waals surface area contributed by atoms with Crippen molar-refractivity contribution in [1.82, 2.24) is 9.55 Å². The number of aryl methyl sites for hydroxylation is 1. The van der Waals surface area contributed by atoms with Crippen molar-refractivity contribution in [2.24, 2.45) is 0 Å². The molecule has 0 saturated carbocycles. The maximum absolute atomic E-state index is 9.65. The molecule has 5 heteroatoms. The molecule has 0 radical (unpaired) electrons. The number of rotatable bonds is 3. The van der Waals surface area contributed by atoms with Crippen LogP contribution in [-0.2, 0) is 6.42 Å². The number of hydrogen-bond donors (Lipinski definition) is 2. The van der Waals surface area contributed by atoms with Crippen LogP contribution < -0.4 is 5.46 Å². The molecule has 1 heterocycles. The van der Waals surface area contributed by atoms with Crippen molar-refractivity contribution in [2.75, 3.05) is 0 Å². The fourth-order valence-corrected chi connectivity index (χ4v) is 3.32. The van der Waals surface area contributed by atoms with Gasteiger partial charge in [0, 0.05) is 11.8 Å². The zero-order chi connectivity index (χ0) is 16.7. The summed E-state index contributed by atoms with van der Waals surface area (Å²) >= 11 is 0. The van der Waals surface area contributed by atoms with Gasteiger partial charge >= 0.3 is 7.12 Å². The van der Waals surface area contributed by atoms with Crippen LogP contribution in [0.25, 0.3) is 27.5 Å². The molecular weight excluding hydrogens is 299 g/mol. The lowest BCUT2D eigenvalue weighted by Crippen LogP contribution is -2.30. The fourth-order valence-electron chi connectivity index (χ4n) is 3.32. The molecule has 0 unspecified atom stereocenters. The van der Waals surface area contributed by atoms with Gasteiger partial charge in [-0.1, -0.05) is 49.4 Å². The molecule has 0 spiro atoms. The molecule has 0 atom stereocenters. The van der Waals surface area contributed by atoms with E-state index in [2.05, 4.69) is 17.6 Å². The predicted molar refractivity (Wildman–Crippen MR) is 97.8 cm³/mol. The largest absolute Gasteiger partial charge is 0.489 e. The van der Waals surface area contributed by atoms with Crippen LogP contribution in [0.4, 0.5) is 0 Å². The van der Waals surface area contributed by atoms with Crippen molar-refractivity contribution in [3.63, 3.8) is 0 Å². The molecule has 1 aromatic heterocycles. The predicted octanol–water partition coefficient (Wildman–Crippen LogP) is 2.42. The molecule has 2 N–H and O–H groups in total. The van der Waals surface area contributed by atoms with E-state index >= 15 is 0 Å². The topological polar surface area (TPSA) is 58.3 Å². The third-order valence-electron chi connectivity index (χ3n) is 4.40. The highest BCUT2D eigenvalue weighted by atomic mass is 16.4. The van der Waals surface area contributed by atoms with Crippen LogP contribution in [-0.4, -0.2) is 26.7 Å². The second-order valence-electron chi connectivity index (χ2n) is 5.80. The highest BCUT2D eigenvalue weighted by molar-refractivity contribution is 6.62. The summed E-state index contributed by atoms with van der Waals surface area (Å²) in [5.74, 6) is 0.985. The lowest BCUT2D eigenvalue weighted by atomic mass is 9.77. The van der Waals surface area contributed by atoms with Gasteiger partial charge in [0.25, 0.3) is 0 Å². The first-order valence-corrected chi connectivity index (χ1v) is 8.05. The minimum absolute atomic E-state index is 0.511. The number of para-hydroxylation sites is 2. The first-order chi connectivity index (χ1) is 11.7. The number of nitrogens with zero attached hydrogens (tertiary/aromatic N) is 2. The van der Waals surface area contributed by atoms with Gasteiger partial charge in [-0.25, -0.2) is 4.98 Å². The molecule has 4 aromatic rings. The van der Waals surface area contributed by atoms with Crippen LogP contribution in [0, 0.1) is 0 Å². The van der Waals surface area contributed by atoms with Crippen LogP contribution in [0.2, 0.25) is 0 Å². The third kappa shape index (κ3) is 2.21. The monoisotopic (exact) mass is 316 g/mol. The Morgan fingerprint density at radius 1 is 0.917 bits per heavy atom. The van der Waals surface area contributed by atoms with Crippen LogP contribution >= 0.6 is 0 Å². The highest BCUT2D eigenvalue weighted by Gasteiger charge is 2.17. The molecule has 0 aliphatic rings. The van der Waals surface area contributed by atoms with Crippen molar-refractivity contribution >= 4 is 34.4 Å². The van der Waals surface area contributed by atoms with Crippen molar-refractivity contribution in [3.05, 3.63) is 66.5 Å². The number of fused-ring (bicyclic) bond motifs is 2. The molecule has 0 aliphatic carbocycles. The van der Waals surface area contributed by atoms with E-state index in [4.69, 9.17) is 4.98 Å². The Balaban J connectivity index is 2.10. The van der Waals surface area contributed by atoms with Gasteiger partial charge in [0.15, 0.2) is 0 Å². The first-order valence-electron chi connectivity index (χ1n) is 8.05. The van der Waals surface area contributed by atoms with E-state index < -0.39 is 7.12 Å². The standard InChI is InChI=1S/C19H17BN2O2/c1-2-19-21-16-10-3-4-11-18(16)22(19)17-12-6-7-13-14(17)8-5-9-15(13)20(23)24/h3-12,23-24H,2H2,1H3. The Hall–Kier alpha value is -2.63. The summed E-state index contributed by atoms with van der Waals surface area (Å²) in [4.78, 5) is 4.74. The van der Waals surface area contributed by atoms with E-state index in [-0.39, 0.29) is 0 Å². The highest BCUT2D eigenvalue weighted by Crippen LogP contribution is 2.27. The van der Waals surface area contributed by atoms with Crippen molar-refractivity contribution in [3.8, 4) is 5.69 Å². The average Bonchev–Trinajstić information content (AvgIpc) is 2.99. The molecular formula is C19H17BN2O2. The van der Waals surface area contributed by atoms with E-state index in [1.807, 2.05) is 48.5 Å². The number of benzene rings is 3. The van der Waals surface area contributed by atoms with Gasteiger partial charge in [-0.3, -0.25) is 4.57 Å². The summed E-state index contributed by atoms with van der Waals surface area (Å²) in [5, 5.41) is 21.1. The first kappa shape index (κ1) is 14.9. The van der Waals surface area contributed by atoms with E-state index in [9.17, 15) is 10.0 Å². The van der Waals surface area contributed by atoms with Crippen molar-refractivity contribution in [2.45, 2.75) is 13.3 Å². The molecule has 0 aliphatic heterocycles. The van der Waals surface area contributed by atoms with Gasteiger partial charge < -0.3 is 10.0 Å². The molecule has 0 amide bonds. The Kier molecular flexibility index (Phi) is 3.60. The Bertz CT molecular complexity index is 1040. The molecule has 4 nitrogen and oxygen atoms in total. The zero-order valence-corrected chi connectivity index (χ0v) is 13.3. The quantitative estimate of drug-likeness (QED) is 0.571. The molecule has 0 bridgehead atoms. The second-order valence-corrected chi connectivity index (χ2v) is 5.80. The fraction of sp³-hybridized carbons (Fsp3) is 0.105. The Morgan fingerprint density at radius 2 is 1.67 bits per heavy atom. The van der Waals surface area contributed by atoms with E-state index in [1.165, 1.54) is 0 Å². The summed E-state index contributed by atoms with van der Waals surface area (Å²) in [7, 11) is -1.49. The number of imidazole rings is 1. The lowest BCUT2D eigenvalue weighted by Gasteiger charge is -2.13. The van der Waals surface area contributed by atoms with Crippen LogP contribution in [0.1, 0.15) is 12.7 Å². The SMILES string of the molecule is CCc1nc2ccccc2n1-c1cccc2c(B(O)O)cccc12. The maximum atomic E-state index is 9.65. The van der Waals surface area contributed by atoms with Crippen LogP contribution in [0.5, 0.6) is 0 Å². The van der Waals surface area contributed by atoms with E-state index in [0.29, 0.717) is 5.46 Å². The zero-order valence-electron chi connectivity index (χ0n) is 13.3. The summed E-state index contributed by atoms with van der Waals surface area (Å²) in [6, 6.07) is 19.6. The Morgan fingerprint density at radius 3 is 2.46 bits per heavy atom. The number of aromatic nitrogens is 2. The third-order valence-corrected chi connectivity index (χ3v) is 4.40. The summed E-state index contributed by atoms with van der Waals surface area (Å²) < 4.78 is 2.16. The summed E-state index contributed by atoms with van der Waals surface area (Å²) in [6.45, 7) is 2.09. The molecule has 3 aromatic carbocycles. The number of hydrogen-bond acceptors (Lipinski definition) is 3.